The largest absolute Gasteiger partial charge is 0.335 e. The highest BCUT2D eigenvalue weighted by Gasteiger charge is 2.21. The molecule has 0 aliphatic heterocycles. The molecule has 1 heterocycles. The number of nitrogens with zero attached hydrogens (tertiary/aromatic N) is 2. The quantitative estimate of drug-likeness (QED) is 0.819. The van der Waals surface area contributed by atoms with Gasteiger partial charge in [-0.1, -0.05) is 37.8 Å². The molecule has 1 amide bonds. The lowest BCUT2D eigenvalue weighted by Crippen LogP contribution is -2.34. The van der Waals surface area contributed by atoms with Gasteiger partial charge in [-0.2, -0.15) is 0 Å². The van der Waals surface area contributed by atoms with Gasteiger partial charge in [0.05, 0.1) is 17.4 Å². The first-order valence-electron chi connectivity index (χ1n) is 9.53. The number of amides is 1. The van der Waals surface area contributed by atoms with Crippen LogP contribution in [0.2, 0.25) is 5.02 Å². The van der Waals surface area contributed by atoms with Gasteiger partial charge in [-0.15, -0.1) is 0 Å². The van der Waals surface area contributed by atoms with Gasteiger partial charge in [0.2, 0.25) is 5.91 Å². The van der Waals surface area contributed by atoms with Gasteiger partial charge in [-0.3, -0.25) is 9.59 Å². The number of nitrogens with one attached hydrogen (secondary N) is 1. The zero-order chi connectivity index (χ0) is 18.5. The van der Waals surface area contributed by atoms with E-state index in [1.54, 1.807) is 18.2 Å². The summed E-state index contributed by atoms with van der Waals surface area (Å²) >= 11 is 6.02. The second-order valence-electron chi connectivity index (χ2n) is 7.20. The maximum Gasteiger partial charge on any atom is 0.258 e. The van der Waals surface area contributed by atoms with Gasteiger partial charge in [0.1, 0.15) is 5.82 Å². The fourth-order valence-electron chi connectivity index (χ4n) is 3.75. The fraction of sp³-hybridized carbons (Fsp3) is 0.550. The lowest BCUT2D eigenvalue weighted by Gasteiger charge is -2.26. The number of hydrogen-bond donors (Lipinski definition) is 1. The van der Waals surface area contributed by atoms with Crippen LogP contribution in [0.15, 0.2) is 23.0 Å². The average Bonchev–Trinajstić information content (AvgIpc) is 2.62. The molecule has 0 radical (unpaired) electrons. The SMILES string of the molecule is CCCN(Cc1nc2cc(Cl)ccc2c(=O)[nH]1)C(=O)CC1CCCCC1. The molecule has 1 aromatic heterocycles. The van der Waals surface area contributed by atoms with E-state index in [1.165, 1.54) is 19.3 Å². The van der Waals surface area contributed by atoms with E-state index in [9.17, 15) is 9.59 Å². The first kappa shape index (κ1) is 18.9. The highest BCUT2D eigenvalue weighted by Crippen LogP contribution is 2.27. The zero-order valence-corrected chi connectivity index (χ0v) is 16.0. The zero-order valence-electron chi connectivity index (χ0n) is 15.3. The van der Waals surface area contributed by atoms with Gasteiger partial charge < -0.3 is 9.88 Å². The van der Waals surface area contributed by atoms with Crippen molar-refractivity contribution < 1.29 is 4.79 Å². The lowest BCUT2D eigenvalue weighted by molar-refractivity contribution is -0.133. The Labute approximate surface area is 158 Å². The van der Waals surface area contributed by atoms with Crippen molar-refractivity contribution in [2.75, 3.05) is 6.54 Å². The predicted octanol–water partition coefficient (Wildman–Crippen LogP) is 4.29. The summed E-state index contributed by atoms with van der Waals surface area (Å²) in [5, 5.41) is 1.05. The Hall–Kier alpha value is -1.88. The van der Waals surface area contributed by atoms with Gasteiger partial charge >= 0.3 is 0 Å². The standard InChI is InChI=1S/C20H26ClN3O2/c1-2-10-24(19(25)11-14-6-4-3-5-7-14)13-18-22-17-12-15(21)8-9-16(17)20(26)23-18/h8-9,12,14H,2-7,10-11,13H2,1H3,(H,22,23,26). The van der Waals surface area contributed by atoms with E-state index in [4.69, 9.17) is 11.6 Å². The molecular weight excluding hydrogens is 350 g/mol. The first-order valence-corrected chi connectivity index (χ1v) is 9.91. The molecule has 0 bridgehead atoms. The van der Waals surface area contributed by atoms with Crippen LogP contribution in [0.4, 0.5) is 0 Å². The van der Waals surface area contributed by atoms with Crippen molar-refractivity contribution in [3.63, 3.8) is 0 Å². The molecule has 5 nitrogen and oxygen atoms in total. The average molecular weight is 376 g/mol. The van der Waals surface area contributed by atoms with Crippen LogP contribution in [0, 0.1) is 5.92 Å². The van der Waals surface area contributed by atoms with Gasteiger partial charge in [0.15, 0.2) is 0 Å². The Balaban J connectivity index is 1.77. The number of fused-ring (bicyclic) bond motifs is 1. The van der Waals surface area contributed by atoms with Crippen LogP contribution in [0.1, 0.15) is 57.7 Å². The third-order valence-electron chi connectivity index (χ3n) is 5.09. The summed E-state index contributed by atoms with van der Waals surface area (Å²) in [6, 6.07) is 5.03. The molecule has 2 aromatic rings. The summed E-state index contributed by atoms with van der Waals surface area (Å²) < 4.78 is 0. The molecule has 6 heteroatoms. The Morgan fingerprint density at radius 2 is 2.08 bits per heavy atom. The smallest absolute Gasteiger partial charge is 0.258 e. The molecule has 0 atom stereocenters. The van der Waals surface area contributed by atoms with E-state index in [0.717, 1.165) is 19.3 Å². The molecule has 1 aliphatic carbocycles. The van der Waals surface area contributed by atoms with Gasteiger partial charge in [-0.05, 0) is 43.4 Å². The number of aromatic amines is 1. The second kappa shape index (κ2) is 8.67. The van der Waals surface area contributed by atoms with Crippen molar-refractivity contribution in [3.05, 3.63) is 39.4 Å². The van der Waals surface area contributed by atoms with Crippen molar-refractivity contribution in [2.24, 2.45) is 5.92 Å². The number of halogens is 1. The summed E-state index contributed by atoms with van der Waals surface area (Å²) in [5.74, 6) is 1.17. The van der Waals surface area contributed by atoms with Crippen LogP contribution in [-0.2, 0) is 11.3 Å². The Morgan fingerprint density at radius 3 is 2.81 bits per heavy atom. The molecule has 1 N–H and O–H groups in total. The van der Waals surface area contributed by atoms with Crippen molar-refractivity contribution in [2.45, 2.75) is 58.4 Å². The number of carbonyl (C=O) groups excluding carboxylic acids is 1. The number of benzene rings is 1. The molecule has 1 fully saturated rings. The van der Waals surface area contributed by atoms with Crippen molar-refractivity contribution >= 4 is 28.4 Å². The van der Waals surface area contributed by atoms with E-state index in [-0.39, 0.29) is 11.5 Å². The lowest BCUT2D eigenvalue weighted by atomic mass is 9.86. The molecular formula is C20H26ClN3O2. The monoisotopic (exact) mass is 375 g/mol. The molecule has 26 heavy (non-hydrogen) atoms. The maximum atomic E-state index is 12.8. The summed E-state index contributed by atoms with van der Waals surface area (Å²) in [5.41, 5.74) is 0.366. The minimum absolute atomic E-state index is 0.160. The Morgan fingerprint density at radius 1 is 1.31 bits per heavy atom. The van der Waals surface area contributed by atoms with Gasteiger partial charge in [-0.25, -0.2) is 4.98 Å². The van der Waals surface area contributed by atoms with E-state index in [2.05, 4.69) is 16.9 Å². The van der Waals surface area contributed by atoms with Crippen molar-refractivity contribution in [1.82, 2.24) is 14.9 Å². The number of rotatable bonds is 6. The van der Waals surface area contributed by atoms with E-state index >= 15 is 0 Å². The van der Waals surface area contributed by atoms with E-state index in [1.807, 2.05) is 4.90 Å². The Bertz CT molecular complexity index is 827. The highest BCUT2D eigenvalue weighted by molar-refractivity contribution is 6.31. The molecule has 0 spiro atoms. The van der Waals surface area contributed by atoms with Crippen molar-refractivity contribution in [1.29, 1.82) is 0 Å². The van der Waals surface area contributed by atoms with Crippen LogP contribution in [-0.4, -0.2) is 27.3 Å². The number of hydrogen-bond acceptors (Lipinski definition) is 3. The van der Waals surface area contributed by atoms with Crippen LogP contribution in [0.5, 0.6) is 0 Å². The molecule has 140 valence electrons. The molecule has 3 rings (SSSR count). The van der Waals surface area contributed by atoms with Crippen LogP contribution < -0.4 is 5.56 Å². The highest BCUT2D eigenvalue weighted by atomic mass is 35.5. The summed E-state index contributed by atoms with van der Waals surface area (Å²) in [4.78, 5) is 34.2. The normalized spacial score (nSPS) is 15.3. The minimum Gasteiger partial charge on any atom is -0.335 e. The molecule has 1 aromatic carbocycles. The second-order valence-corrected chi connectivity index (χ2v) is 7.63. The van der Waals surface area contributed by atoms with Crippen LogP contribution in [0.3, 0.4) is 0 Å². The van der Waals surface area contributed by atoms with E-state index < -0.39 is 0 Å². The van der Waals surface area contributed by atoms with Gasteiger partial charge in [0.25, 0.3) is 5.56 Å². The van der Waals surface area contributed by atoms with Crippen LogP contribution in [0.25, 0.3) is 10.9 Å². The van der Waals surface area contributed by atoms with Crippen LogP contribution >= 0.6 is 11.6 Å². The molecule has 0 saturated heterocycles. The van der Waals surface area contributed by atoms with Crippen molar-refractivity contribution in [3.8, 4) is 0 Å². The third kappa shape index (κ3) is 4.64. The summed E-state index contributed by atoms with van der Waals surface area (Å²) in [6.07, 6.45) is 7.51. The minimum atomic E-state index is -0.196. The number of carbonyl (C=O) groups is 1. The fourth-order valence-corrected chi connectivity index (χ4v) is 3.91. The third-order valence-corrected chi connectivity index (χ3v) is 5.33. The molecule has 1 aliphatic rings. The first-order chi connectivity index (χ1) is 12.6. The Kier molecular flexibility index (Phi) is 6.30. The maximum absolute atomic E-state index is 12.8. The van der Waals surface area contributed by atoms with E-state index in [0.29, 0.717) is 47.2 Å². The molecule has 0 unspecified atom stereocenters. The topological polar surface area (TPSA) is 66.1 Å². The number of H-pyrrole nitrogens is 1. The summed E-state index contributed by atoms with van der Waals surface area (Å²) in [7, 11) is 0. The predicted molar refractivity (Wildman–Crippen MR) is 104 cm³/mol. The summed E-state index contributed by atoms with van der Waals surface area (Å²) in [6.45, 7) is 3.05. The van der Waals surface area contributed by atoms with Gasteiger partial charge in [0, 0.05) is 18.0 Å². The number of aromatic nitrogens is 2. The molecule has 1 saturated carbocycles.